The molecule has 4 aromatic rings. The molecular weight excluding hydrogens is 301 g/mol. The lowest BCUT2D eigenvalue weighted by Gasteiger charge is -2.11. The third-order valence-corrected chi connectivity index (χ3v) is 4.04. The molecule has 0 atom stereocenters. The number of phenolic OH excluding ortho intramolecular Hbond substituents is 1. The van der Waals surface area contributed by atoms with Gasteiger partial charge in [0.1, 0.15) is 11.6 Å². The minimum absolute atomic E-state index is 0.172. The molecule has 3 heteroatoms. The van der Waals surface area contributed by atoms with Crippen LogP contribution in [0.15, 0.2) is 78.9 Å². The molecular formula is C21H14FNO. The van der Waals surface area contributed by atoms with Gasteiger partial charge in [0.15, 0.2) is 0 Å². The van der Waals surface area contributed by atoms with E-state index in [1.807, 2.05) is 48.5 Å². The maximum absolute atomic E-state index is 13.8. The Morgan fingerprint density at radius 2 is 1.50 bits per heavy atom. The average Bonchev–Trinajstić information content (AvgIpc) is 2.62. The van der Waals surface area contributed by atoms with Crippen molar-refractivity contribution in [1.82, 2.24) is 4.98 Å². The van der Waals surface area contributed by atoms with Crippen LogP contribution in [-0.2, 0) is 0 Å². The molecule has 0 saturated heterocycles. The van der Waals surface area contributed by atoms with Crippen molar-refractivity contribution in [3.05, 3.63) is 84.7 Å². The van der Waals surface area contributed by atoms with Crippen molar-refractivity contribution in [2.24, 2.45) is 0 Å². The predicted octanol–water partition coefficient (Wildman–Crippen LogP) is 5.41. The Bertz CT molecular complexity index is 1030. The third kappa shape index (κ3) is 2.50. The Labute approximate surface area is 138 Å². The highest BCUT2D eigenvalue weighted by atomic mass is 19.1. The average molecular weight is 315 g/mol. The second-order valence-corrected chi connectivity index (χ2v) is 5.60. The summed E-state index contributed by atoms with van der Waals surface area (Å²) in [5.41, 5.74) is 3.87. The zero-order valence-corrected chi connectivity index (χ0v) is 12.8. The van der Waals surface area contributed by atoms with E-state index in [0.717, 1.165) is 16.5 Å². The highest BCUT2D eigenvalue weighted by Gasteiger charge is 2.12. The largest absolute Gasteiger partial charge is 0.507 e. The van der Waals surface area contributed by atoms with E-state index in [1.165, 1.54) is 12.1 Å². The fourth-order valence-electron chi connectivity index (χ4n) is 2.88. The van der Waals surface area contributed by atoms with E-state index in [0.29, 0.717) is 16.8 Å². The Morgan fingerprint density at radius 1 is 0.750 bits per heavy atom. The predicted molar refractivity (Wildman–Crippen MR) is 94.2 cm³/mol. The fraction of sp³-hybridized carbons (Fsp3) is 0. The van der Waals surface area contributed by atoms with Crippen molar-refractivity contribution in [3.8, 4) is 28.1 Å². The minimum Gasteiger partial charge on any atom is -0.507 e. The van der Waals surface area contributed by atoms with Crippen LogP contribution in [0.3, 0.4) is 0 Å². The van der Waals surface area contributed by atoms with Crippen LogP contribution < -0.4 is 0 Å². The summed E-state index contributed by atoms with van der Waals surface area (Å²) >= 11 is 0. The van der Waals surface area contributed by atoms with Crippen molar-refractivity contribution in [2.45, 2.75) is 0 Å². The molecule has 0 unspecified atom stereocenters. The second-order valence-electron chi connectivity index (χ2n) is 5.60. The van der Waals surface area contributed by atoms with E-state index in [-0.39, 0.29) is 11.6 Å². The highest BCUT2D eigenvalue weighted by molar-refractivity contribution is 5.97. The first-order chi connectivity index (χ1) is 11.7. The van der Waals surface area contributed by atoms with Crippen LogP contribution in [0.25, 0.3) is 33.3 Å². The first-order valence-corrected chi connectivity index (χ1v) is 7.66. The topological polar surface area (TPSA) is 33.1 Å². The van der Waals surface area contributed by atoms with Gasteiger partial charge in [-0.2, -0.15) is 0 Å². The van der Waals surface area contributed by atoms with E-state index in [4.69, 9.17) is 0 Å². The van der Waals surface area contributed by atoms with Gasteiger partial charge in [0.05, 0.1) is 11.2 Å². The van der Waals surface area contributed by atoms with E-state index in [1.54, 1.807) is 18.2 Å². The molecule has 0 amide bonds. The molecule has 1 heterocycles. The van der Waals surface area contributed by atoms with Gasteiger partial charge < -0.3 is 5.11 Å². The first-order valence-electron chi connectivity index (χ1n) is 7.66. The van der Waals surface area contributed by atoms with Crippen molar-refractivity contribution >= 4 is 10.9 Å². The molecule has 116 valence electrons. The number of aromatic hydroxyl groups is 1. The Balaban J connectivity index is 2.05. The van der Waals surface area contributed by atoms with Gasteiger partial charge in [-0.15, -0.1) is 0 Å². The van der Waals surface area contributed by atoms with Gasteiger partial charge >= 0.3 is 0 Å². The van der Waals surface area contributed by atoms with Gasteiger partial charge in [-0.3, -0.25) is 0 Å². The van der Waals surface area contributed by atoms with Crippen LogP contribution >= 0.6 is 0 Å². The van der Waals surface area contributed by atoms with Crippen LogP contribution in [-0.4, -0.2) is 10.1 Å². The molecule has 0 aliphatic rings. The number of para-hydroxylation sites is 1. The van der Waals surface area contributed by atoms with Crippen LogP contribution in [0.1, 0.15) is 0 Å². The Hall–Kier alpha value is -3.20. The quantitative estimate of drug-likeness (QED) is 0.536. The highest BCUT2D eigenvalue weighted by Crippen LogP contribution is 2.35. The minimum atomic E-state index is -0.295. The number of aromatic nitrogens is 1. The third-order valence-electron chi connectivity index (χ3n) is 4.04. The fourth-order valence-corrected chi connectivity index (χ4v) is 2.88. The van der Waals surface area contributed by atoms with Gasteiger partial charge in [0.25, 0.3) is 0 Å². The number of fused-ring (bicyclic) bond motifs is 1. The lowest BCUT2D eigenvalue weighted by molar-refractivity contribution is 0.477. The smallest absolute Gasteiger partial charge is 0.124 e. The number of rotatable bonds is 2. The number of hydrogen-bond donors (Lipinski definition) is 1. The molecule has 0 aliphatic carbocycles. The summed E-state index contributed by atoms with van der Waals surface area (Å²) < 4.78 is 13.8. The van der Waals surface area contributed by atoms with Gasteiger partial charge in [-0.25, -0.2) is 9.37 Å². The van der Waals surface area contributed by atoms with E-state index in [2.05, 4.69) is 4.98 Å². The normalized spacial score (nSPS) is 10.9. The number of hydrogen-bond acceptors (Lipinski definition) is 2. The lowest BCUT2D eigenvalue weighted by Crippen LogP contribution is -1.91. The number of nitrogens with zero attached hydrogens (tertiary/aromatic N) is 1. The zero-order chi connectivity index (χ0) is 16.5. The van der Waals surface area contributed by atoms with E-state index < -0.39 is 0 Å². The number of phenols is 1. The number of benzene rings is 3. The molecule has 0 bridgehead atoms. The van der Waals surface area contributed by atoms with Gasteiger partial charge in [0, 0.05) is 10.9 Å². The van der Waals surface area contributed by atoms with E-state index >= 15 is 0 Å². The molecule has 3 aromatic carbocycles. The standard InChI is InChI=1S/C21H14FNO/c22-15-10-11-19-18(12-15)17(14-6-2-1-3-7-14)13-20(23-19)16-8-4-5-9-21(16)24/h1-13,24H. The van der Waals surface area contributed by atoms with Crippen LogP contribution in [0, 0.1) is 5.82 Å². The molecule has 24 heavy (non-hydrogen) atoms. The van der Waals surface area contributed by atoms with Gasteiger partial charge in [0.2, 0.25) is 0 Å². The molecule has 2 nitrogen and oxygen atoms in total. The van der Waals surface area contributed by atoms with Crippen molar-refractivity contribution in [3.63, 3.8) is 0 Å². The summed E-state index contributed by atoms with van der Waals surface area (Å²) in [5, 5.41) is 10.9. The molecule has 0 saturated carbocycles. The van der Waals surface area contributed by atoms with Crippen LogP contribution in [0.4, 0.5) is 4.39 Å². The summed E-state index contributed by atoms with van der Waals surface area (Å²) in [6, 6.07) is 23.3. The molecule has 0 spiro atoms. The summed E-state index contributed by atoms with van der Waals surface area (Å²) in [4.78, 5) is 4.61. The van der Waals surface area contributed by atoms with E-state index in [9.17, 15) is 9.50 Å². The van der Waals surface area contributed by atoms with Crippen LogP contribution in [0.5, 0.6) is 5.75 Å². The number of pyridine rings is 1. The second kappa shape index (κ2) is 5.78. The summed E-state index contributed by atoms with van der Waals surface area (Å²) in [7, 11) is 0. The van der Waals surface area contributed by atoms with Gasteiger partial charge in [-0.1, -0.05) is 42.5 Å². The summed E-state index contributed by atoms with van der Waals surface area (Å²) in [6.45, 7) is 0. The Kier molecular flexibility index (Phi) is 3.47. The lowest BCUT2D eigenvalue weighted by atomic mass is 9.98. The summed E-state index contributed by atoms with van der Waals surface area (Å²) in [5.74, 6) is -0.123. The molecule has 0 radical (unpaired) electrons. The van der Waals surface area contributed by atoms with Crippen molar-refractivity contribution in [1.29, 1.82) is 0 Å². The molecule has 4 rings (SSSR count). The van der Waals surface area contributed by atoms with Crippen molar-refractivity contribution in [2.75, 3.05) is 0 Å². The SMILES string of the molecule is Oc1ccccc1-c1cc(-c2ccccc2)c2cc(F)ccc2n1. The Morgan fingerprint density at radius 3 is 2.29 bits per heavy atom. The maximum atomic E-state index is 13.8. The van der Waals surface area contributed by atoms with Crippen molar-refractivity contribution < 1.29 is 9.50 Å². The molecule has 1 aromatic heterocycles. The zero-order valence-electron chi connectivity index (χ0n) is 12.8. The monoisotopic (exact) mass is 315 g/mol. The first kappa shape index (κ1) is 14.4. The molecule has 1 N–H and O–H groups in total. The summed E-state index contributed by atoms with van der Waals surface area (Å²) in [6.07, 6.45) is 0. The molecule has 0 fully saturated rings. The van der Waals surface area contributed by atoms with Crippen LogP contribution in [0.2, 0.25) is 0 Å². The maximum Gasteiger partial charge on any atom is 0.124 e. The van der Waals surface area contributed by atoms with Gasteiger partial charge in [-0.05, 0) is 47.5 Å². The molecule has 0 aliphatic heterocycles. The number of halogens is 1.